The largest absolute Gasteiger partial charge is 1.00 e. The molecule has 2 N–H and O–H groups in total. The molecule has 0 radical (unpaired) electrons. The van der Waals surface area contributed by atoms with Crippen LogP contribution in [0.2, 0.25) is 0 Å². The Morgan fingerprint density at radius 2 is 0.671 bits per heavy atom. The number of hydrogen-bond acceptors (Lipinski definition) is 10. The summed E-state index contributed by atoms with van der Waals surface area (Å²) in [5, 5.41) is 0. The zero-order valence-corrected chi connectivity index (χ0v) is 40.5. The van der Waals surface area contributed by atoms with E-state index in [0.717, 1.165) is 45.1 Å². The first-order valence-electron chi connectivity index (χ1n) is 19.4. The van der Waals surface area contributed by atoms with Gasteiger partial charge in [0.05, 0.1) is 11.4 Å². The molecule has 3 aromatic carbocycles. The molecule has 0 atom stereocenters. The zero-order chi connectivity index (χ0) is 49.7. The number of pyridine rings is 2. The maximum atomic E-state index is 10.7. The van der Waals surface area contributed by atoms with Crippen LogP contribution in [0.5, 0.6) is 0 Å². The minimum atomic E-state index is -6.09. The summed E-state index contributed by atoms with van der Waals surface area (Å²) in [4.78, 5) is 23.3. The average Bonchev–Trinajstić information content (AvgIpc) is 4.21. The van der Waals surface area contributed by atoms with Crippen molar-refractivity contribution in [2.45, 2.75) is 11.0 Å². The van der Waals surface area contributed by atoms with Crippen molar-refractivity contribution in [1.82, 2.24) is 19.9 Å². The van der Waals surface area contributed by atoms with E-state index in [4.69, 9.17) is 25.9 Å². The maximum Gasteiger partial charge on any atom is 1.00 e. The molecule has 0 spiro atoms. The van der Waals surface area contributed by atoms with Gasteiger partial charge >= 0.3 is 55.8 Å². The average molecular weight is 1190 g/mol. The van der Waals surface area contributed by atoms with Gasteiger partial charge < -0.3 is 19.1 Å². The number of allylic oxidation sites excluding steroid dienone is 4. The first-order chi connectivity index (χ1) is 32.4. The van der Waals surface area contributed by atoms with Gasteiger partial charge in [0.25, 0.3) is 0 Å². The Bertz CT molecular complexity index is 2560. The van der Waals surface area contributed by atoms with Crippen LogP contribution in [0, 0.1) is 0 Å². The molecule has 0 saturated heterocycles. The summed E-state index contributed by atoms with van der Waals surface area (Å²) in [5.41, 5.74) is -2.80. The predicted molar refractivity (Wildman–Crippen MR) is 248 cm³/mol. The Morgan fingerprint density at radius 3 is 0.843 bits per heavy atom. The number of alkyl halides is 6. The molecule has 0 bridgehead atoms. The summed E-state index contributed by atoms with van der Waals surface area (Å²) in [6.07, 6.45) is 22.5. The van der Waals surface area contributed by atoms with Gasteiger partial charge in [-0.15, -0.1) is 0 Å². The third kappa shape index (κ3) is 23.8. The fourth-order valence-electron chi connectivity index (χ4n) is 4.94. The molecule has 7 aromatic rings. The van der Waals surface area contributed by atoms with Crippen molar-refractivity contribution < 1.29 is 97.0 Å². The van der Waals surface area contributed by atoms with E-state index in [2.05, 4.69) is 29.9 Å². The number of hydrogen-bond donors (Lipinski definition) is 2. The summed E-state index contributed by atoms with van der Waals surface area (Å²) in [7, 11) is -12.2. The second-order valence-electron chi connectivity index (χ2n) is 12.7. The van der Waals surface area contributed by atoms with E-state index in [1.807, 2.05) is 194 Å². The fourth-order valence-corrected chi connectivity index (χ4v) is 4.94. The maximum absolute atomic E-state index is 10.7. The van der Waals surface area contributed by atoms with Crippen molar-refractivity contribution in [1.29, 1.82) is 0 Å². The number of aliphatic imine (C=N–C) groups is 2. The molecule has 22 heteroatoms. The zero-order valence-electron chi connectivity index (χ0n) is 35.9. The number of nitrogens with one attached hydrogen (secondary N) is 2. The Balaban J connectivity index is 0.000000428. The number of aromatic amines is 2. The van der Waals surface area contributed by atoms with E-state index in [0.29, 0.717) is 0 Å². The molecule has 2 aliphatic heterocycles. The van der Waals surface area contributed by atoms with E-state index < -0.39 is 31.3 Å². The SMILES string of the molecule is C1=C/C(=C(/c2ccncc2)c2ccc[nH]2)N=C1.C1=C/C(=C(/c2ccncc2)c2ccc[nH]2)N=C1.O=S(=O)([O-])C(F)(F)F.O=S(=O)([O-])C(F)(F)F.[Ag+].[Ag+].c1ccccc1.c1ccccc1.c1ccccc1. The number of aromatic nitrogens is 4. The summed E-state index contributed by atoms with van der Waals surface area (Å²) < 4.78 is 118. The van der Waals surface area contributed by atoms with Crippen LogP contribution in [-0.4, -0.2) is 69.3 Å². The normalized spacial score (nSPS) is 13.3. The van der Waals surface area contributed by atoms with Crippen molar-refractivity contribution in [3.05, 3.63) is 253 Å². The number of rotatable bonds is 4. The molecule has 0 fully saturated rings. The van der Waals surface area contributed by atoms with Gasteiger partial charge in [-0.1, -0.05) is 109 Å². The van der Waals surface area contributed by atoms with Crippen LogP contribution in [0.1, 0.15) is 22.5 Å². The molecule has 0 amide bonds. The van der Waals surface area contributed by atoms with Gasteiger partial charge in [0.2, 0.25) is 0 Å². The molecule has 4 aromatic heterocycles. The van der Waals surface area contributed by atoms with Gasteiger partial charge in [0.1, 0.15) is 0 Å². The molecule has 70 heavy (non-hydrogen) atoms. The third-order valence-electron chi connectivity index (χ3n) is 7.86. The summed E-state index contributed by atoms with van der Waals surface area (Å²) in [6.45, 7) is 0. The molecule has 6 heterocycles. The van der Waals surface area contributed by atoms with Crippen molar-refractivity contribution in [3.63, 3.8) is 0 Å². The molecule has 0 aliphatic carbocycles. The van der Waals surface area contributed by atoms with Crippen LogP contribution in [-0.2, 0) is 65.0 Å². The third-order valence-corrected chi connectivity index (χ3v) is 8.99. The van der Waals surface area contributed by atoms with E-state index >= 15 is 0 Å². The second-order valence-corrected chi connectivity index (χ2v) is 15.4. The Hall–Kier alpha value is -6.30. The van der Waals surface area contributed by atoms with Crippen molar-refractivity contribution in [2.24, 2.45) is 9.98 Å². The van der Waals surface area contributed by atoms with Gasteiger partial charge in [-0.05, 0) is 84.0 Å². The predicted octanol–water partition coefficient (Wildman–Crippen LogP) is 10.8. The molecule has 0 saturated carbocycles. The van der Waals surface area contributed by atoms with Crippen LogP contribution < -0.4 is 0 Å². The Kier molecular flexibility index (Phi) is 28.7. The molecule has 12 nitrogen and oxygen atoms in total. The van der Waals surface area contributed by atoms with Crippen molar-refractivity contribution >= 4 is 43.8 Å². The van der Waals surface area contributed by atoms with Crippen LogP contribution in [0.15, 0.2) is 241 Å². The molecule has 2 aliphatic rings. The smallest absolute Gasteiger partial charge is 0.741 e. The van der Waals surface area contributed by atoms with Crippen LogP contribution in [0.25, 0.3) is 11.1 Å². The first-order valence-corrected chi connectivity index (χ1v) is 22.2. The first kappa shape index (κ1) is 61.7. The number of benzene rings is 3. The fraction of sp³-hybridized carbons (Fsp3) is 0.0417. The summed E-state index contributed by atoms with van der Waals surface area (Å²) >= 11 is 0. The van der Waals surface area contributed by atoms with Gasteiger partial charge in [0, 0.05) is 72.1 Å². The minimum absolute atomic E-state index is 0. The number of nitrogens with zero attached hydrogens (tertiary/aromatic N) is 4. The Labute approximate surface area is 432 Å². The summed E-state index contributed by atoms with van der Waals surface area (Å²) in [5.74, 6) is 0. The molecule has 0 unspecified atom stereocenters. The molecule has 9 rings (SSSR count). The number of H-pyrrole nitrogens is 2. The second kappa shape index (κ2) is 32.5. The van der Waals surface area contributed by atoms with Crippen molar-refractivity contribution in [3.8, 4) is 0 Å². The quantitative estimate of drug-likeness (QED) is 0.0751. The molecular formula is C48H40Ag2F6N6O6S2. The van der Waals surface area contributed by atoms with Gasteiger partial charge in [0.15, 0.2) is 20.2 Å². The Morgan fingerprint density at radius 1 is 0.429 bits per heavy atom. The van der Waals surface area contributed by atoms with Gasteiger partial charge in [-0.25, -0.2) is 16.8 Å². The topological polar surface area (TPSA) is 196 Å². The van der Waals surface area contributed by atoms with E-state index in [1.54, 1.807) is 37.2 Å². The van der Waals surface area contributed by atoms with Gasteiger partial charge in [-0.2, -0.15) is 26.3 Å². The van der Waals surface area contributed by atoms with E-state index in [-0.39, 0.29) is 44.8 Å². The molecule has 374 valence electrons. The van der Waals surface area contributed by atoms with Crippen LogP contribution in [0.4, 0.5) is 26.3 Å². The van der Waals surface area contributed by atoms with Gasteiger partial charge in [-0.3, -0.25) is 20.0 Å². The van der Waals surface area contributed by atoms with Crippen molar-refractivity contribution in [2.75, 3.05) is 0 Å². The van der Waals surface area contributed by atoms with E-state index in [9.17, 15) is 26.3 Å². The monoisotopic (exact) mass is 1190 g/mol. The van der Waals surface area contributed by atoms with E-state index in [1.165, 1.54) is 0 Å². The van der Waals surface area contributed by atoms with Crippen LogP contribution in [0.3, 0.4) is 0 Å². The number of halogens is 6. The van der Waals surface area contributed by atoms with Crippen LogP contribution >= 0.6 is 0 Å². The molecular weight excluding hydrogens is 1150 g/mol. The minimum Gasteiger partial charge on any atom is -0.741 e. The summed E-state index contributed by atoms with van der Waals surface area (Å²) in [6, 6.07) is 52.0. The standard InChI is InChI=1S/2C14H11N3.3C6H6.2CHF3O3S.2Ag/c2*1-3-12(16-7-1)14(13-4-2-8-17-13)11-5-9-15-10-6-11;3*1-2-4-6-5-3-1;2*2-1(3,4)8(5,6)7;;/h2*1-10,16H;3*1-6H;2*(H,5,6,7);;/q;;;;;;;2*+1/p-2/b2*14-13+;;;;;;;.